The van der Waals surface area contributed by atoms with Crippen molar-refractivity contribution in [2.45, 2.75) is 32.1 Å². The molecule has 3 heteroatoms. The summed E-state index contributed by atoms with van der Waals surface area (Å²) in [7, 11) is 2.00. The number of benzene rings is 1. The van der Waals surface area contributed by atoms with E-state index >= 15 is 0 Å². The molecule has 0 saturated heterocycles. The van der Waals surface area contributed by atoms with Crippen LogP contribution in [0, 0.1) is 11.2 Å². The Labute approximate surface area is 111 Å². The number of hydrogen-bond donors (Lipinski definition) is 1. The molecule has 1 aromatic rings. The molecule has 0 aliphatic heterocycles. The van der Waals surface area contributed by atoms with Gasteiger partial charge in [0.05, 0.1) is 4.47 Å². The van der Waals surface area contributed by atoms with E-state index in [1.54, 1.807) is 6.07 Å². The van der Waals surface area contributed by atoms with Crippen LogP contribution in [0.15, 0.2) is 22.7 Å². The van der Waals surface area contributed by atoms with Crippen LogP contribution in [0.5, 0.6) is 0 Å². The van der Waals surface area contributed by atoms with E-state index in [0.29, 0.717) is 9.89 Å². The van der Waals surface area contributed by atoms with Gasteiger partial charge in [0.1, 0.15) is 5.82 Å². The molecule has 0 unspecified atom stereocenters. The molecule has 0 amide bonds. The van der Waals surface area contributed by atoms with E-state index in [1.807, 2.05) is 13.1 Å². The van der Waals surface area contributed by atoms with Gasteiger partial charge in [-0.1, -0.05) is 25.0 Å². The van der Waals surface area contributed by atoms with Gasteiger partial charge in [0, 0.05) is 6.54 Å². The standard InChI is InChI=1S/C14H19BrFN/c1-17-10-14(7-2-3-8-14)9-11-5-4-6-12(16)13(11)15/h4-6,17H,2-3,7-10H2,1H3. The molecule has 17 heavy (non-hydrogen) atoms. The average Bonchev–Trinajstić information content (AvgIpc) is 2.74. The van der Waals surface area contributed by atoms with Crippen LogP contribution in [-0.4, -0.2) is 13.6 Å². The smallest absolute Gasteiger partial charge is 0.137 e. The van der Waals surface area contributed by atoms with Crippen LogP contribution in [0.25, 0.3) is 0 Å². The molecular weight excluding hydrogens is 281 g/mol. The van der Waals surface area contributed by atoms with Crippen LogP contribution >= 0.6 is 15.9 Å². The molecule has 1 saturated carbocycles. The molecule has 0 spiro atoms. The molecule has 2 rings (SSSR count). The number of rotatable bonds is 4. The highest BCUT2D eigenvalue weighted by Gasteiger charge is 2.33. The summed E-state index contributed by atoms with van der Waals surface area (Å²) in [5.41, 5.74) is 1.42. The summed E-state index contributed by atoms with van der Waals surface area (Å²) in [4.78, 5) is 0. The molecule has 1 aliphatic carbocycles. The van der Waals surface area contributed by atoms with E-state index in [2.05, 4.69) is 21.2 Å². The lowest BCUT2D eigenvalue weighted by atomic mass is 9.80. The van der Waals surface area contributed by atoms with Gasteiger partial charge in [0.25, 0.3) is 0 Å². The summed E-state index contributed by atoms with van der Waals surface area (Å²) in [6.45, 7) is 1.02. The van der Waals surface area contributed by atoms with Crippen LogP contribution in [0.3, 0.4) is 0 Å². The minimum absolute atomic E-state index is 0.153. The first-order valence-corrected chi connectivity index (χ1v) is 7.04. The summed E-state index contributed by atoms with van der Waals surface area (Å²) >= 11 is 3.37. The van der Waals surface area contributed by atoms with Crippen molar-refractivity contribution in [3.8, 4) is 0 Å². The van der Waals surface area contributed by atoms with Gasteiger partial charge >= 0.3 is 0 Å². The molecule has 0 aromatic heterocycles. The van der Waals surface area contributed by atoms with Gasteiger partial charge in [-0.25, -0.2) is 4.39 Å². The minimum Gasteiger partial charge on any atom is -0.319 e. The molecular formula is C14H19BrFN. The molecule has 1 N–H and O–H groups in total. The van der Waals surface area contributed by atoms with Crippen molar-refractivity contribution in [3.05, 3.63) is 34.1 Å². The van der Waals surface area contributed by atoms with Gasteiger partial charge in [-0.15, -0.1) is 0 Å². The number of hydrogen-bond acceptors (Lipinski definition) is 1. The quantitative estimate of drug-likeness (QED) is 0.889. The Kier molecular flexibility index (Phi) is 4.21. The van der Waals surface area contributed by atoms with Crippen LogP contribution in [0.4, 0.5) is 4.39 Å². The first kappa shape index (κ1) is 13.0. The van der Waals surface area contributed by atoms with E-state index in [-0.39, 0.29) is 5.82 Å². The molecule has 1 fully saturated rings. The van der Waals surface area contributed by atoms with Gasteiger partial charge in [-0.2, -0.15) is 0 Å². The highest BCUT2D eigenvalue weighted by Crippen LogP contribution is 2.41. The first-order chi connectivity index (χ1) is 8.17. The van der Waals surface area contributed by atoms with E-state index in [4.69, 9.17) is 0 Å². The monoisotopic (exact) mass is 299 g/mol. The van der Waals surface area contributed by atoms with Gasteiger partial charge in [-0.3, -0.25) is 0 Å². The highest BCUT2D eigenvalue weighted by molar-refractivity contribution is 9.10. The van der Waals surface area contributed by atoms with Crippen molar-refractivity contribution in [2.24, 2.45) is 5.41 Å². The van der Waals surface area contributed by atoms with Crippen molar-refractivity contribution >= 4 is 15.9 Å². The summed E-state index contributed by atoms with van der Waals surface area (Å²) in [6, 6.07) is 5.34. The minimum atomic E-state index is -0.153. The third-order valence-corrected chi connectivity index (χ3v) is 4.70. The van der Waals surface area contributed by atoms with E-state index in [1.165, 1.54) is 31.7 Å². The molecule has 0 heterocycles. The summed E-state index contributed by atoms with van der Waals surface area (Å²) in [6.07, 6.45) is 6.06. The fourth-order valence-electron chi connectivity index (χ4n) is 3.01. The summed E-state index contributed by atoms with van der Waals surface area (Å²) in [5.74, 6) is -0.153. The molecule has 1 nitrogen and oxygen atoms in total. The van der Waals surface area contributed by atoms with Crippen molar-refractivity contribution < 1.29 is 4.39 Å². The maximum absolute atomic E-state index is 13.5. The lowest BCUT2D eigenvalue weighted by Gasteiger charge is -2.29. The lowest BCUT2D eigenvalue weighted by Crippen LogP contribution is -2.32. The Balaban J connectivity index is 2.20. The van der Waals surface area contributed by atoms with Crippen molar-refractivity contribution in [2.75, 3.05) is 13.6 Å². The Morgan fingerprint density at radius 1 is 1.35 bits per heavy atom. The second-order valence-electron chi connectivity index (χ2n) is 5.13. The predicted octanol–water partition coefficient (Wildman–Crippen LogP) is 3.91. The maximum atomic E-state index is 13.5. The third-order valence-electron chi connectivity index (χ3n) is 3.81. The number of nitrogens with one attached hydrogen (secondary N) is 1. The topological polar surface area (TPSA) is 12.0 Å². The largest absolute Gasteiger partial charge is 0.319 e. The zero-order valence-electron chi connectivity index (χ0n) is 10.2. The molecule has 0 atom stereocenters. The predicted molar refractivity (Wildman–Crippen MR) is 72.6 cm³/mol. The normalized spacial score (nSPS) is 18.5. The maximum Gasteiger partial charge on any atom is 0.137 e. The highest BCUT2D eigenvalue weighted by atomic mass is 79.9. The van der Waals surface area contributed by atoms with Gasteiger partial charge in [0.15, 0.2) is 0 Å². The van der Waals surface area contributed by atoms with E-state index in [0.717, 1.165) is 18.5 Å². The van der Waals surface area contributed by atoms with Crippen molar-refractivity contribution in [1.82, 2.24) is 5.32 Å². The van der Waals surface area contributed by atoms with E-state index in [9.17, 15) is 4.39 Å². The second-order valence-corrected chi connectivity index (χ2v) is 5.92. The van der Waals surface area contributed by atoms with Crippen molar-refractivity contribution in [3.63, 3.8) is 0 Å². The van der Waals surface area contributed by atoms with Gasteiger partial charge < -0.3 is 5.32 Å². The van der Waals surface area contributed by atoms with E-state index < -0.39 is 0 Å². The zero-order chi connectivity index (χ0) is 12.3. The van der Waals surface area contributed by atoms with Gasteiger partial charge in [0.2, 0.25) is 0 Å². The average molecular weight is 300 g/mol. The fourth-order valence-corrected chi connectivity index (χ4v) is 3.41. The van der Waals surface area contributed by atoms with Gasteiger partial charge in [-0.05, 0) is 59.3 Å². The van der Waals surface area contributed by atoms with Crippen LogP contribution in [0.2, 0.25) is 0 Å². The Hall–Kier alpha value is -0.410. The fraction of sp³-hybridized carbons (Fsp3) is 0.571. The first-order valence-electron chi connectivity index (χ1n) is 6.24. The Morgan fingerprint density at radius 3 is 2.71 bits per heavy atom. The van der Waals surface area contributed by atoms with Crippen LogP contribution in [-0.2, 0) is 6.42 Å². The summed E-state index contributed by atoms with van der Waals surface area (Å²) in [5, 5.41) is 3.30. The molecule has 94 valence electrons. The molecule has 0 bridgehead atoms. The summed E-state index contributed by atoms with van der Waals surface area (Å²) < 4.78 is 14.1. The second kappa shape index (κ2) is 5.49. The molecule has 0 radical (unpaired) electrons. The van der Waals surface area contributed by atoms with Crippen LogP contribution < -0.4 is 5.32 Å². The molecule has 1 aromatic carbocycles. The van der Waals surface area contributed by atoms with Crippen LogP contribution in [0.1, 0.15) is 31.2 Å². The molecule has 1 aliphatic rings. The van der Waals surface area contributed by atoms with Crippen molar-refractivity contribution in [1.29, 1.82) is 0 Å². The zero-order valence-corrected chi connectivity index (χ0v) is 11.8. The number of halogens is 2. The Morgan fingerprint density at radius 2 is 2.06 bits per heavy atom. The third kappa shape index (κ3) is 2.89. The lowest BCUT2D eigenvalue weighted by molar-refractivity contribution is 0.285. The Bertz CT molecular complexity index is 386. The SMILES string of the molecule is CNCC1(Cc2cccc(F)c2Br)CCCC1.